The SMILES string of the molecule is CC(C)(C)OC(=O)C[C@H](NC(=O)OCC1c2ccccc2-c2ccccc21)C(=O)O.CCCCCCCCN(C)C(=O)[C@H](CC(=O)OC(C)(C)C)NC(=O)OCC1c2ccccc2-c2ccccc21.CCCCCCCCNC. The molecule has 0 radical (unpaired) electrons. The quantitative estimate of drug-likeness (QED) is 0.0264. The highest BCUT2D eigenvalue weighted by Gasteiger charge is 2.34. The third-order valence-electron chi connectivity index (χ3n) is 13.5. The van der Waals surface area contributed by atoms with E-state index in [1.54, 1.807) is 53.5 Å². The number of carboxylic acids is 1. The molecule has 15 heteroatoms. The Morgan fingerprint density at radius 1 is 0.519 bits per heavy atom. The number of ether oxygens (including phenoxy) is 4. The Morgan fingerprint density at radius 3 is 1.23 bits per heavy atom. The van der Waals surface area contributed by atoms with E-state index in [9.17, 15) is 33.9 Å². The second-order valence-electron chi connectivity index (χ2n) is 22.4. The summed E-state index contributed by atoms with van der Waals surface area (Å²) < 4.78 is 21.5. The van der Waals surface area contributed by atoms with E-state index in [1.165, 1.54) is 64.3 Å². The van der Waals surface area contributed by atoms with Crippen LogP contribution in [0.25, 0.3) is 22.3 Å². The molecule has 15 nitrogen and oxygen atoms in total. The number of nitrogens with zero attached hydrogens (tertiary/aromatic N) is 1. The van der Waals surface area contributed by atoms with E-state index < -0.39 is 59.8 Å². The minimum atomic E-state index is -1.43. The van der Waals surface area contributed by atoms with Crippen molar-refractivity contribution in [3.05, 3.63) is 119 Å². The number of alkyl carbamates (subject to hydrolysis) is 2. The van der Waals surface area contributed by atoms with E-state index in [2.05, 4.69) is 41.9 Å². The average Bonchev–Trinajstić information content (AvgIpc) is 4.16. The highest BCUT2D eigenvalue weighted by molar-refractivity contribution is 5.90. The number of hydrogen-bond donors (Lipinski definition) is 4. The van der Waals surface area contributed by atoms with E-state index >= 15 is 0 Å². The van der Waals surface area contributed by atoms with E-state index in [4.69, 9.17) is 18.9 Å². The van der Waals surface area contributed by atoms with Crippen LogP contribution in [0.4, 0.5) is 9.59 Å². The second-order valence-corrected chi connectivity index (χ2v) is 22.4. The van der Waals surface area contributed by atoms with Gasteiger partial charge >= 0.3 is 30.1 Å². The van der Waals surface area contributed by atoms with Crippen LogP contribution in [0.2, 0.25) is 0 Å². The van der Waals surface area contributed by atoms with Crippen molar-refractivity contribution in [3.63, 3.8) is 0 Å². The molecule has 4 aromatic carbocycles. The molecule has 79 heavy (non-hydrogen) atoms. The van der Waals surface area contributed by atoms with Gasteiger partial charge in [-0.15, -0.1) is 0 Å². The van der Waals surface area contributed by atoms with Gasteiger partial charge in [0, 0.05) is 25.4 Å². The van der Waals surface area contributed by atoms with Crippen LogP contribution in [0.5, 0.6) is 0 Å². The number of carboxylic acid groups (broad SMARTS) is 1. The van der Waals surface area contributed by atoms with Crippen LogP contribution in [-0.2, 0) is 38.1 Å². The Balaban J connectivity index is 0.000000297. The molecule has 6 rings (SSSR count). The molecular formula is C64H90N4O11. The molecule has 0 saturated heterocycles. The zero-order valence-electron chi connectivity index (χ0n) is 48.8. The maximum atomic E-state index is 13.3. The number of hydrogen-bond acceptors (Lipinski definition) is 11. The molecule has 4 aromatic rings. The summed E-state index contributed by atoms with van der Waals surface area (Å²) in [5, 5.41) is 17.4. The third kappa shape index (κ3) is 22.1. The normalized spacial score (nSPS) is 13.0. The summed E-state index contributed by atoms with van der Waals surface area (Å²) in [7, 11) is 3.72. The summed E-state index contributed by atoms with van der Waals surface area (Å²) in [6.45, 7) is 16.7. The Bertz CT molecular complexity index is 2470. The van der Waals surface area contributed by atoms with Crippen LogP contribution in [0.3, 0.4) is 0 Å². The molecule has 0 heterocycles. The molecule has 0 fully saturated rings. The molecule has 0 aliphatic heterocycles. The zero-order valence-corrected chi connectivity index (χ0v) is 48.8. The highest BCUT2D eigenvalue weighted by atomic mass is 16.6. The van der Waals surface area contributed by atoms with Gasteiger partial charge in [-0.2, -0.15) is 0 Å². The third-order valence-corrected chi connectivity index (χ3v) is 13.5. The number of esters is 2. The molecule has 0 unspecified atom stereocenters. The molecule has 432 valence electrons. The van der Waals surface area contributed by atoms with Gasteiger partial charge < -0.3 is 44.9 Å². The Labute approximate surface area is 470 Å². The number of fused-ring (bicyclic) bond motifs is 6. The summed E-state index contributed by atoms with van der Waals surface area (Å²) >= 11 is 0. The summed E-state index contributed by atoms with van der Waals surface area (Å²) in [6, 6.07) is 29.5. The van der Waals surface area contributed by atoms with Gasteiger partial charge in [-0.3, -0.25) is 14.4 Å². The minimum absolute atomic E-state index is 0.0542. The van der Waals surface area contributed by atoms with Crippen molar-refractivity contribution in [1.82, 2.24) is 20.9 Å². The van der Waals surface area contributed by atoms with E-state index in [0.29, 0.717) is 6.54 Å². The summed E-state index contributed by atoms with van der Waals surface area (Å²) in [5.41, 5.74) is 7.32. The first-order chi connectivity index (χ1) is 37.7. The van der Waals surface area contributed by atoms with Gasteiger partial charge in [0.15, 0.2) is 0 Å². The van der Waals surface area contributed by atoms with Crippen molar-refractivity contribution in [2.75, 3.05) is 40.4 Å². The van der Waals surface area contributed by atoms with E-state index in [1.807, 2.05) is 92.0 Å². The summed E-state index contributed by atoms with van der Waals surface area (Å²) in [6.07, 6.45) is 12.6. The number of rotatable bonds is 26. The summed E-state index contributed by atoms with van der Waals surface area (Å²) in [5.74, 6) is -3.17. The van der Waals surface area contributed by atoms with Crippen LogP contribution < -0.4 is 16.0 Å². The number of benzene rings is 4. The molecular weight excluding hydrogens is 1000 g/mol. The fraction of sp³-hybridized carbons (Fsp3) is 0.531. The molecule has 0 saturated carbocycles. The molecule has 0 spiro atoms. The van der Waals surface area contributed by atoms with Crippen molar-refractivity contribution >= 4 is 36.0 Å². The topological polar surface area (TPSA) is 199 Å². The predicted octanol–water partition coefficient (Wildman–Crippen LogP) is 12.7. The Hall–Kier alpha value is -6.74. The van der Waals surface area contributed by atoms with Crippen LogP contribution in [0.15, 0.2) is 97.1 Å². The standard InChI is InChI=1S/C32H44N2O5.C23H25NO6.C9H21N/c1-6-7-8-9-10-15-20-34(5)30(36)28(21-29(35)39-32(2,3)4)33-31(37)38-22-27-25-18-13-11-16-23(25)24-17-12-14-19-26(24)27;1-23(2,3)30-20(25)12-19(21(26)27)24-22(28)29-13-18-16-10-6-4-8-14(16)15-9-5-7-11-17(15)18;1-3-4-5-6-7-8-9-10-2/h11-14,16-19,27-28H,6-10,15,20-22H2,1-5H3,(H,33,37);4-11,18-19H,12-13H2,1-3H3,(H,24,28)(H,26,27);10H,3-9H2,1-2H3/t28-;19-;/m00./s1. The van der Waals surface area contributed by atoms with Crippen LogP contribution in [0, 0.1) is 0 Å². The smallest absolute Gasteiger partial charge is 0.407 e. The predicted molar refractivity (Wildman–Crippen MR) is 311 cm³/mol. The lowest BCUT2D eigenvalue weighted by atomic mass is 9.98. The number of carbonyl (C=O) groups excluding carboxylic acids is 5. The van der Waals surface area contributed by atoms with Gasteiger partial charge in [0.2, 0.25) is 5.91 Å². The first kappa shape index (κ1) is 64.8. The molecule has 0 aromatic heterocycles. The van der Waals surface area contributed by atoms with Crippen LogP contribution >= 0.6 is 0 Å². The van der Waals surface area contributed by atoms with Crippen molar-refractivity contribution in [3.8, 4) is 22.3 Å². The first-order valence-electron chi connectivity index (χ1n) is 28.5. The van der Waals surface area contributed by atoms with Crippen LogP contribution in [0.1, 0.15) is 179 Å². The number of unbranched alkanes of at least 4 members (excludes halogenated alkanes) is 10. The molecule has 2 aliphatic rings. The Morgan fingerprint density at radius 2 is 0.861 bits per heavy atom. The monoisotopic (exact) mass is 1090 g/mol. The van der Waals surface area contributed by atoms with Crippen molar-refractivity contribution in [1.29, 1.82) is 0 Å². The molecule has 0 bridgehead atoms. The molecule has 2 atom stereocenters. The van der Waals surface area contributed by atoms with Gasteiger partial charge in [-0.25, -0.2) is 14.4 Å². The lowest BCUT2D eigenvalue weighted by Gasteiger charge is -2.26. The average molecular weight is 1090 g/mol. The lowest BCUT2D eigenvalue weighted by molar-refractivity contribution is -0.158. The maximum absolute atomic E-state index is 13.3. The van der Waals surface area contributed by atoms with Crippen LogP contribution in [-0.4, -0.2) is 110 Å². The fourth-order valence-electron chi connectivity index (χ4n) is 9.65. The lowest BCUT2D eigenvalue weighted by Crippen LogP contribution is -2.49. The van der Waals surface area contributed by atoms with Gasteiger partial charge in [0.1, 0.15) is 36.5 Å². The van der Waals surface area contributed by atoms with E-state index in [-0.39, 0.29) is 37.4 Å². The number of nitrogens with one attached hydrogen (secondary N) is 3. The van der Waals surface area contributed by atoms with E-state index in [0.717, 1.165) is 63.8 Å². The fourth-order valence-corrected chi connectivity index (χ4v) is 9.65. The second kappa shape index (κ2) is 33.0. The van der Waals surface area contributed by atoms with Crippen molar-refractivity contribution < 1.29 is 52.8 Å². The van der Waals surface area contributed by atoms with Crippen molar-refractivity contribution in [2.45, 2.75) is 180 Å². The highest BCUT2D eigenvalue weighted by Crippen LogP contribution is 2.45. The largest absolute Gasteiger partial charge is 0.480 e. The number of likely N-dealkylation sites (N-methyl/N-ethyl adjacent to an activating group) is 1. The summed E-state index contributed by atoms with van der Waals surface area (Å²) in [4.78, 5) is 76.0. The Kier molecular flexibility index (Phi) is 27.1. The first-order valence-corrected chi connectivity index (χ1v) is 28.5. The number of aliphatic carboxylic acids is 1. The number of carbonyl (C=O) groups is 6. The van der Waals surface area contributed by atoms with Gasteiger partial charge in [-0.1, -0.05) is 175 Å². The van der Waals surface area contributed by atoms with Gasteiger partial charge in [0.25, 0.3) is 0 Å². The van der Waals surface area contributed by atoms with Crippen molar-refractivity contribution in [2.24, 2.45) is 0 Å². The maximum Gasteiger partial charge on any atom is 0.407 e. The minimum Gasteiger partial charge on any atom is -0.480 e. The molecule has 3 amide bonds. The molecule has 2 aliphatic carbocycles. The number of amides is 3. The zero-order chi connectivity index (χ0) is 58.0. The van der Waals surface area contributed by atoms with Gasteiger partial charge in [0.05, 0.1) is 12.8 Å². The van der Waals surface area contributed by atoms with Gasteiger partial charge in [-0.05, 0) is 112 Å². The molecule has 4 N–H and O–H groups in total.